The molecule has 2 unspecified atom stereocenters. The standard InChI is InChI=1S/C12H12N4O/c1-7-10(2-3-17-7)12-14-6-8-4-9(5-13)15-11(8)16-12/h4,6-7,10H,2-3H2,1H3,(H,14,15,16). The van der Waals surface area contributed by atoms with Crippen LogP contribution < -0.4 is 0 Å². The molecule has 0 aromatic carbocycles. The molecule has 2 atom stereocenters. The molecule has 1 saturated heterocycles. The van der Waals surface area contributed by atoms with Gasteiger partial charge >= 0.3 is 0 Å². The SMILES string of the molecule is CC1OCCC1c1ncc2cc(C#N)[nH]c2n1. The second-order valence-electron chi connectivity index (χ2n) is 4.30. The third-order valence-electron chi connectivity index (χ3n) is 3.22. The maximum Gasteiger partial charge on any atom is 0.142 e. The maximum absolute atomic E-state index is 8.81. The fourth-order valence-electron chi connectivity index (χ4n) is 2.24. The van der Waals surface area contributed by atoms with Gasteiger partial charge in [-0.25, -0.2) is 9.97 Å². The second kappa shape index (κ2) is 3.82. The van der Waals surface area contributed by atoms with Crippen LogP contribution in [-0.2, 0) is 4.74 Å². The Morgan fingerprint density at radius 2 is 2.47 bits per heavy atom. The monoisotopic (exact) mass is 228 g/mol. The van der Waals surface area contributed by atoms with Crippen LogP contribution in [-0.4, -0.2) is 27.7 Å². The van der Waals surface area contributed by atoms with Gasteiger partial charge in [0.25, 0.3) is 0 Å². The molecule has 3 heterocycles. The van der Waals surface area contributed by atoms with Gasteiger partial charge in [0.1, 0.15) is 23.2 Å². The third-order valence-corrected chi connectivity index (χ3v) is 3.22. The molecule has 2 aromatic heterocycles. The fraction of sp³-hybridized carbons (Fsp3) is 0.417. The molecule has 0 bridgehead atoms. The molecule has 0 saturated carbocycles. The minimum Gasteiger partial charge on any atom is -0.378 e. The molecule has 5 nitrogen and oxygen atoms in total. The molecule has 1 fully saturated rings. The lowest BCUT2D eigenvalue weighted by molar-refractivity contribution is 0.117. The van der Waals surface area contributed by atoms with Crippen LogP contribution in [0.25, 0.3) is 11.0 Å². The van der Waals surface area contributed by atoms with Gasteiger partial charge in [-0.1, -0.05) is 0 Å². The number of hydrogen-bond donors (Lipinski definition) is 1. The summed E-state index contributed by atoms with van der Waals surface area (Å²) in [7, 11) is 0. The van der Waals surface area contributed by atoms with E-state index < -0.39 is 0 Å². The van der Waals surface area contributed by atoms with Gasteiger partial charge in [-0.15, -0.1) is 0 Å². The summed E-state index contributed by atoms with van der Waals surface area (Å²) in [6.45, 7) is 2.81. The lowest BCUT2D eigenvalue weighted by atomic mass is 10.0. The predicted octanol–water partition coefficient (Wildman–Crippen LogP) is 1.72. The number of nitrogens with zero attached hydrogens (tertiary/aromatic N) is 3. The van der Waals surface area contributed by atoms with Crippen molar-refractivity contribution < 1.29 is 4.74 Å². The summed E-state index contributed by atoms with van der Waals surface area (Å²) >= 11 is 0. The Morgan fingerprint density at radius 1 is 1.59 bits per heavy atom. The predicted molar refractivity (Wildman–Crippen MR) is 61.4 cm³/mol. The largest absolute Gasteiger partial charge is 0.378 e. The first-order chi connectivity index (χ1) is 8.28. The molecule has 1 aliphatic heterocycles. The van der Waals surface area contributed by atoms with E-state index in [2.05, 4.69) is 21.0 Å². The molecule has 17 heavy (non-hydrogen) atoms. The Kier molecular flexibility index (Phi) is 2.30. The molecule has 3 rings (SSSR count). The number of fused-ring (bicyclic) bond motifs is 1. The number of nitriles is 1. The van der Waals surface area contributed by atoms with Crippen molar-refractivity contribution in [3.8, 4) is 6.07 Å². The molecular formula is C12H12N4O. The summed E-state index contributed by atoms with van der Waals surface area (Å²) in [5.41, 5.74) is 1.24. The van der Waals surface area contributed by atoms with Crippen LogP contribution in [0.2, 0.25) is 0 Å². The number of nitrogens with one attached hydrogen (secondary N) is 1. The van der Waals surface area contributed by atoms with E-state index in [0.717, 1.165) is 29.9 Å². The van der Waals surface area contributed by atoms with Crippen molar-refractivity contribution in [2.45, 2.75) is 25.4 Å². The maximum atomic E-state index is 8.81. The number of rotatable bonds is 1. The van der Waals surface area contributed by atoms with Gasteiger partial charge < -0.3 is 9.72 Å². The highest BCUT2D eigenvalue weighted by atomic mass is 16.5. The van der Waals surface area contributed by atoms with E-state index in [1.807, 2.05) is 6.92 Å². The second-order valence-corrected chi connectivity index (χ2v) is 4.30. The van der Waals surface area contributed by atoms with E-state index in [1.165, 1.54) is 0 Å². The highest BCUT2D eigenvalue weighted by Crippen LogP contribution is 2.29. The van der Waals surface area contributed by atoms with Crippen LogP contribution in [0, 0.1) is 11.3 Å². The van der Waals surface area contributed by atoms with Crippen molar-refractivity contribution in [2.24, 2.45) is 0 Å². The van der Waals surface area contributed by atoms with Gasteiger partial charge in [-0.3, -0.25) is 0 Å². The average Bonchev–Trinajstić information content (AvgIpc) is 2.93. The lowest BCUT2D eigenvalue weighted by Gasteiger charge is -2.11. The van der Waals surface area contributed by atoms with Crippen LogP contribution in [0.1, 0.15) is 30.8 Å². The van der Waals surface area contributed by atoms with E-state index in [1.54, 1.807) is 12.3 Å². The first-order valence-corrected chi connectivity index (χ1v) is 5.65. The number of H-pyrrole nitrogens is 1. The van der Waals surface area contributed by atoms with Crippen molar-refractivity contribution in [1.82, 2.24) is 15.0 Å². The third kappa shape index (κ3) is 1.67. The van der Waals surface area contributed by atoms with Crippen LogP contribution >= 0.6 is 0 Å². The van der Waals surface area contributed by atoms with Crippen LogP contribution in [0.4, 0.5) is 0 Å². The highest BCUT2D eigenvalue weighted by Gasteiger charge is 2.28. The van der Waals surface area contributed by atoms with E-state index in [-0.39, 0.29) is 12.0 Å². The number of ether oxygens (including phenoxy) is 1. The molecular weight excluding hydrogens is 216 g/mol. The molecule has 0 spiro atoms. The summed E-state index contributed by atoms with van der Waals surface area (Å²) < 4.78 is 5.52. The van der Waals surface area contributed by atoms with Crippen molar-refractivity contribution in [3.63, 3.8) is 0 Å². The Balaban J connectivity index is 2.04. The zero-order valence-corrected chi connectivity index (χ0v) is 9.47. The summed E-state index contributed by atoms with van der Waals surface area (Å²) in [6.07, 6.45) is 2.89. The van der Waals surface area contributed by atoms with Gasteiger partial charge in [-0.05, 0) is 19.4 Å². The van der Waals surface area contributed by atoms with Crippen molar-refractivity contribution in [1.29, 1.82) is 5.26 Å². The average molecular weight is 228 g/mol. The number of aromatic nitrogens is 3. The van der Waals surface area contributed by atoms with E-state index in [4.69, 9.17) is 10.00 Å². The molecule has 5 heteroatoms. The Labute approximate surface area is 98.5 Å². The quantitative estimate of drug-likeness (QED) is 0.806. The minimum absolute atomic E-state index is 0.165. The van der Waals surface area contributed by atoms with Gasteiger partial charge in [0.15, 0.2) is 0 Å². The molecule has 1 N–H and O–H groups in total. The summed E-state index contributed by atoms with van der Waals surface area (Å²) in [5, 5.41) is 9.68. The van der Waals surface area contributed by atoms with Crippen molar-refractivity contribution in [2.75, 3.05) is 6.61 Å². The molecule has 1 aliphatic rings. The normalized spacial score (nSPS) is 24.0. The van der Waals surface area contributed by atoms with E-state index >= 15 is 0 Å². The molecule has 0 aliphatic carbocycles. The van der Waals surface area contributed by atoms with Gasteiger partial charge in [0, 0.05) is 24.1 Å². The highest BCUT2D eigenvalue weighted by molar-refractivity contribution is 5.76. The van der Waals surface area contributed by atoms with Gasteiger partial charge in [-0.2, -0.15) is 5.26 Å². The molecule has 2 aromatic rings. The fourth-order valence-corrected chi connectivity index (χ4v) is 2.24. The first kappa shape index (κ1) is 10.2. The first-order valence-electron chi connectivity index (χ1n) is 5.65. The number of aromatic amines is 1. The molecule has 0 amide bonds. The summed E-state index contributed by atoms with van der Waals surface area (Å²) in [5.74, 6) is 1.06. The van der Waals surface area contributed by atoms with Crippen molar-refractivity contribution in [3.05, 3.63) is 23.8 Å². The summed E-state index contributed by atoms with van der Waals surface area (Å²) in [4.78, 5) is 11.8. The smallest absolute Gasteiger partial charge is 0.142 e. The zero-order valence-electron chi connectivity index (χ0n) is 9.47. The van der Waals surface area contributed by atoms with Gasteiger partial charge in [0.2, 0.25) is 0 Å². The van der Waals surface area contributed by atoms with E-state index in [0.29, 0.717) is 5.69 Å². The Hall–Kier alpha value is -1.93. The lowest BCUT2D eigenvalue weighted by Crippen LogP contribution is -2.12. The molecule has 0 radical (unpaired) electrons. The number of hydrogen-bond acceptors (Lipinski definition) is 4. The minimum atomic E-state index is 0.165. The zero-order chi connectivity index (χ0) is 11.8. The van der Waals surface area contributed by atoms with Crippen molar-refractivity contribution >= 4 is 11.0 Å². The Bertz CT molecular complexity index is 598. The van der Waals surface area contributed by atoms with Gasteiger partial charge in [0.05, 0.1) is 6.10 Å². The topological polar surface area (TPSA) is 74.6 Å². The van der Waals surface area contributed by atoms with E-state index in [9.17, 15) is 0 Å². The van der Waals surface area contributed by atoms with Crippen LogP contribution in [0.3, 0.4) is 0 Å². The molecule has 86 valence electrons. The Morgan fingerprint density at radius 3 is 3.18 bits per heavy atom. The van der Waals surface area contributed by atoms with Crippen LogP contribution in [0.15, 0.2) is 12.3 Å². The summed E-state index contributed by atoms with van der Waals surface area (Å²) in [6, 6.07) is 3.82. The van der Waals surface area contributed by atoms with Crippen LogP contribution in [0.5, 0.6) is 0 Å².